The van der Waals surface area contributed by atoms with Crippen LogP contribution in [0, 0.1) is 3.83 Å². The summed E-state index contributed by atoms with van der Waals surface area (Å²) in [6, 6.07) is 0. The first kappa shape index (κ1) is 16.4. The largest absolute Gasteiger partial charge is 0.394 e. The van der Waals surface area contributed by atoms with Crippen LogP contribution in [0.2, 0.25) is 0 Å². The van der Waals surface area contributed by atoms with Gasteiger partial charge in [0.25, 0.3) is 0 Å². The third kappa shape index (κ3) is 2.56. The molecule has 0 amide bonds. The van der Waals surface area contributed by atoms with Gasteiger partial charge in [-0.25, -0.2) is 15.0 Å². The second-order valence-corrected chi connectivity index (χ2v) is 7.03. The number of aliphatic hydroxyl groups excluding tert-OH is 3. The predicted octanol–water partition coefficient (Wildman–Crippen LogP) is -0.357. The van der Waals surface area contributed by atoms with Crippen molar-refractivity contribution in [1.82, 2.24) is 19.5 Å². The van der Waals surface area contributed by atoms with E-state index in [1.54, 1.807) is 4.57 Å². The number of imidazole rings is 1. The molecule has 2 aliphatic heterocycles. The van der Waals surface area contributed by atoms with E-state index in [0.717, 1.165) is 31.7 Å². The van der Waals surface area contributed by atoms with Gasteiger partial charge in [0, 0.05) is 35.7 Å². The van der Waals surface area contributed by atoms with Crippen LogP contribution in [-0.4, -0.2) is 72.8 Å². The smallest absolute Gasteiger partial charge is 0.194 e. The van der Waals surface area contributed by atoms with E-state index in [-0.39, 0.29) is 6.61 Å². The lowest BCUT2D eigenvalue weighted by Crippen LogP contribution is -2.33. The number of rotatable bonds is 3. The SMILES string of the molecule is OC[C@H]1O[C@@H](n2cnc3c(N4CCCC4)nc(I)nc32)[C@H](O)[C@@H]1O. The van der Waals surface area contributed by atoms with Gasteiger partial charge in [0.2, 0.25) is 0 Å². The number of aromatic nitrogens is 4. The Morgan fingerprint density at radius 1 is 1.21 bits per heavy atom. The first-order chi connectivity index (χ1) is 11.6. The van der Waals surface area contributed by atoms with Gasteiger partial charge in [0.1, 0.15) is 18.3 Å². The maximum absolute atomic E-state index is 10.2. The second-order valence-electron chi connectivity index (χ2n) is 6.06. The number of halogens is 1. The monoisotopic (exact) mass is 447 g/mol. The minimum absolute atomic E-state index is 0.368. The van der Waals surface area contributed by atoms with Crippen molar-refractivity contribution in [3.63, 3.8) is 0 Å². The van der Waals surface area contributed by atoms with Crippen molar-refractivity contribution in [2.24, 2.45) is 0 Å². The molecule has 2 aromatic heterocycles. The summed E-state index contributed by atoms with van der Waals surface area (Å²) in [5.41, 5.74) is 1.20. The van der Waals surface area contributed by atoms with Crippen LogP contribution in [0.4, 0.5) is 5.82 Å². The maximum Gasteiger partial charge on any atom is 0.194 e. The van der Waals surface area contributed by atoms with Gasteiger partial charge >= 0.3 is 0 Å². The van der Waals surface area contributed by atoms with E-state index >= 15 is 0 Å². The Labute approximate surface area is 151 Å². The molecule has 0 aromatic carbocycles. The topological polar surface area (TPSA) is 117 Å². The summed E-state index contributed by atoms with van der Waals surface area (Å²) in [6.45, 7) is 1.50. The molecule has 10 heteroatoms. The Morgan fingerprint density at radius 2 is 1.96 bits per heavy atom. The highest BCUT2D eigenvalue weighted by Crippen LogP contribution is 2.33. The molecule has 9 nitrogen and oxygen atoms in total. The van der Waals surface area contributed by atoms with Crippen LogP contribution in [-0.2, 0) is 4.74 Å². The molecule has 4 atom stereocenters. The van der Waals surface area contributed by atoms with Crippen LogP contribution in [0.3, 0.4) is 0 Å². The molecule has 0 spiro atoms. The molecule has 0 saturated carbocycles. The fourth-order valence-corrected chi connectivity index (χ4v) is 3.78. The molecule has 3 N–H and O–H groups in total. The average molecular weight is 447 g/mol. The standard InChI is InChI=1S/C14H18IN5O4/c15-14-17-11(19-3-1-2-4-19)8-12(18-14)20(6-16-8)13-10(23)9(22)7(5-21)24-13/h6-7,9-10,13,21-23H,1-5H2/t7-,9-,10-,13-/m1/s1. The van der Waals surface area contributed by atoms with Crippen LogP contribution in [0.5, 0.6) is 0 Å². The molecular weight excluding hydrogens is 429 g/mol. The van der Waals surface area contributed by atoms with E-state index in [1.807, 2.05) is 0 Å². The molecule has 0 aliphatic carbocycles. The number of aliphatic hydroxyl groups is 3. The highest BCUT2D eigenvalue weighted by Gasteiger charge is 2.44. The van der Waals surface area contributed by atoms with Gasteiger partial charge in [0.05, 0.1) is 12.9 Å². The highest BCUT2D eigenvalue weighted by atomic mass is 127. The van der Waals surface area contributed by atoms with Gasteiger partial charge in [-0.2, -0.15) is 0 Å². The Balaban J connectivity index is 1.78. The number of hydrogen-bond acceptors (Lipinski definition) is 8. The zero-order valence-corrected chi connectivity index (χ0v) is 14.9. The van der Waals surface area contributed by atoms with Crippen molar-refractivity contribution in [3.8, 4) is 0 Å². The molecule has 0 unspecified atom stereocenters. The summed E-state index contributed by atoms with van der Waals surface area (Å²) in [6.07, 6.45) is -0.218. The van der Waals surface area contributed by atoms with Gasteiger partial charge in [-0.15, -0.1) is 0 Å². The first-order valence-corrected chi connectivity index (χ1v) is 8.95. The molecule has 2 aliphatic rings. The summed E-state index contributed by atoms with van der Waals surface area (Å²) in [5, 5.41) is 29.5. The molecule has 4 rings (SSSR count). The zero-order valence-electron chi connectivity index (χ0n) is 12.8. The molecule has 2 aromatic rings. The number of fused-ring (bicyclic) bond motifs is 1. The van der Waals surface area contributed by atoms with Crippen molar-refractivity contribution in [1.29, 1.82) is 0 Å². The summed E-state index contributed by atoms with van der Waals surface area (Å²) in [5.74, 6) is 0.785. The number of ether oxygens (including phenoxy) is 1. The molecule has 0 radical (unpaired) electrons. The fourth-order valence-electron chi connectivity index (χ4n) is 3.32. The van der Waals surface area contributed by atoms with Crippen molar-refractivity contribution in [2.75, 3.05) is 24.6 Å². The Kier molecular flexibility index (Phi) is 4.33. The highest BCUT2D eigenvalue weighted by molar-refractivity contribution is 14.1. The minimum Gasteiger partial charge on any atom is -0.394 e. The minimum atomic E-state index is -1.16. The van der Waals surface area contributed by atoms with Crippen LogP contribution >= 0.6 is 22.6 Å². The fraction of sp³-hybridized carbons (Fsp3) is 0.643. The van der Waals surface area contributed by atoms with Gasteiger partial charge in [0.15, 0.2) is 27.0 Å². The van der Waals surface area contributed by atoms with Crippen molar-refractivity contribution in [2.45, 2.75) is 37.4 Å². The quantitative estimate of drug-likeness (QED) is 0.432. The normalized spacial score (nSPS) is 30.6. The lowest BCUT2D eigenvalue weighted by molar-refractivity contribution is -0.0511. The van der Waals surface area contributed by atoms with Crippen molar-refractivity contribution in [3.05, 3.63) is 10.2 Å². The Morgan fingerprint density at radius 3 is 2.62 bits per heavy atom. The van der Waals surface area contributed by atoms with Gasteiger partial charge < -0.3 is 25.0 Å². The summed E-state index contributed by atoms with van der Waals surface area (Å²) < 4.78 is 7.77. The van der Waals surface area contributed by atoms with Crippen LogP contribution < -0.4 is 4.90 Å². The third-order valence-electron chi connectivity index (χ3n) is 4.57. The summed E-state index contributed by atoms with van der Waals surface area (Å²) in [4.78, 5) is 15.6. The van der Waals surface area contributed by atoms with E-state index < -0.39 is 24.5 Å². The van der Waals surface area contributed by atoms with E-state index in [2.05, 4.69) is 42.4 Å². The first-order valence-electron chi connectivity index (χ1n) is 7.87. The maximum atomic E-state index is 10.2. The molecule has 4 heterocycles. The van der Waals surface area contributed by atoms with E-state index in [4.69, 9.17) is 4.74 Å². The van der Waals surface area contributed by atoms with Crippen LogP contribution in [0.1, 0.15) is 19.1 Å². The molecule has 2 fully saturated rings. The number of nitrogens with zero attached hydrogens (tertiary/aromatic N) is 5. The predicted molar refractivity (Wildman–Crippen MR) is 92.5 cm³/mol. The van der Waals surface area contributed by atoms with Gasteiger partial charge in [-0.3, -0.25) is 4.57 Å². The third-order valence-corrected chi connectivity index (χ3v) is 5.06. The van der Waals surface area contributed by atoms with E-state index in [0.29, 0.717) is 15.0 Å². The Bertz CT molecular complexity index is 750. The molecule has 130 valence electrons. The summed E-state index contributed by atoms with van der Waals surface area (Å²) >= 11 is 2.06. The van der Waals surface area contributed by atoms with Crippen molar-refractivity contribution < 1.29 is 20.1 Å². The lowest BCUT2D eigenvalue weighted by Gasteiger charge is -2.18. The van der Waals surface area contributed by atoms with Crippen LogP contribution in [0.15, 0.2) is 6.33 Å². The molecule has 24 heavy (non-hydrogen) atoms. The van der Waals surface area contributed by atoms with Crippen LogP contribution in [0.25, 0.3) is 11.2 Å². The zero-order chi connectivity index (χ0) is 16.8. The molecule has 2 saturated heterocycles. The Hall–Kier alpha value is -1.08. The lowest BCUT2D eigenvalue weighted by atomic mass is 10.1. The number of hydrogen-bond donors (Lipinski definition) is 3. The van der Waals surface area contributed by atoms with Gasteiger partial charge in [-0.1, -0.05) is 0 Å². The second kappa shape index (κ2) is 6.33. The molecular formula is C14H18IN5O4. The van der Waals surface area contributed by atoms with Crippen molar-refractivity contribution >= 4 is 39.6 Å². The molecule has 0 bridgehead atoms. The number of anilines is 1. The van der Waals surface area contributed by atoms with Gasteiger partial charge in [-0.05, 0) is 12.8 Å². The average Bonchev–Trinajstić information content (AvgIpc) is 3.28. The van der Waals surface area contributed by atoms with E-state index in [9.17, 15) is 15.3 Å². The van der Waals surface area contributed by atoms with E-state index in [1.165, 1.54) is 6.33 Å². The summed E-state index contributed by atoms with van der Waals surface area (Å²) in [7, 11) is 0.